The molecule has 3 amide bonds. The topological polar surface area (TPSA) is 64.7 Å². The number of hydrogen-bond donors (Lipinski definition) is 2. The van der Waals surface area contributed by atoms with Crippen LogP contribution in [0.15, 0.2) is 24.3 Å². The van der Waals surface area contributed by atoms with E-state index in [0.29, 0.717) is 25.2 Å². The Morgan fingerprint density at radius 2 is 1.93 bits per heavy atom. The maximum absolute atomic E-state index is 13.2. The summed E-state index contributed by atoms with van der Waals surface area (Å²) in [5, 5.41) is 5.72. The normalized spacial score (nSPS) is 21.8. The zero-order chi connectivity index (χ0) is 19.2. The van der Waals surface area contributed by atoms with E-state index in [0.717, 1.165) is 32.0 Å². The fourth-order valence-electron chi connectivity index (χ4n) is 3.75. The molecule has 2 aliphatic rings. The maximum atomic E-state index is 13.2. The van der Waals surface area contributed by atoms with E-state index >= 15 is 0 Å². The van der Waals surface area contributed by atoms with Crippen LogP contribution in [-0.4, -0.2) is 61.0 Å². The lowest BCUT2D eigenvalue weighted by Gasteiger charge is -2.35. The number of likely N-dealkylation sites (tertiary alicyclic amines) is 1. The highest BCUT2D eigenvalue weighted by molar-refractivity contribution is 5.89. The standard InChI is InChI=1S/C20H29FN4O2/c1-15-7-12-24(13-8-15)11-2-9-23-20(27)25-14-10-22-19(26)18(25)16-3-5-17(21)6-4-16/h3-6,15,18H,2,7-14H2,1H3,(H,22,26)(H,23,27). The average Bonchev–Trinajstić information content (AvgIpc) is 2.67. The van der Waals surface area contributed by atoms with E-state index in [1.54, 1.807) is 12.1 Å². The highest BCUT2D eigenvalue weighted by atomic mass is 19.1. The number of piperidine rings is 1. The van der Waals surface area contributed by atoms with Gasteiger partial charge in [-0.25, -0.2) is 9.18 Å². The second kappa shape index (κ2) is 9.17. The van der Waals surface area contributed by atoms with Crippen molar-refractivity contribution in [2.75, 3.05) is 39.3 Å². The number of carbonyl (C=O) groups is 2. The minimum absolute atomic E-state index is 0.231. The van der Waals surface area contributed by atoms with Crippen LogP contribution in [0.2, 0.25) is 0 Å². The number of halogens is 1. The Morgan fingerprint density at radius 3 is 2.63 bits per heavy atom. The van der Waals surface area contributed by atoms with Gasteiger partial charge in [0.1, 0.15) is 11.9 Å². The van der Waals surface area contributed by atoms with Crippen LogP contribution in [0.4, 0.5) is 9.18 Å². The summed E-state index contributed by atoms with van der Waals surface area (Å²) >= 11 is 0. The van der Waals surface area contributed by atoms with Crippen LogP contribution in [0, 0.1) is 11.7 Å². The molecule has 27 heavy (non-hydrogen) atoms. The highest BCUT2D eigenvalue weighted by Crippen LogP contribution is 2.23. The van der Waals surface area contributed by atoms with Gasteiger partial charge in [0.05, 0.1) is 0 Å². The van der Waals surface area contributed by atoms with Crippen LogP contribution in [0.3, 0.4) is 0 Å². The lowest BCUT2D eigenvalue weighted by Crippen LogP contribution is -2.55. The minimum atomic E-state index is -0.720. The molecule has 0 aliphatic carbocycles. The van der Waals surface area contributed by atoms with E-state index in [2.05, 4.69) is 22.5 Å². The number of nitrogens with zero attached hydrogens (tertiary/aromatic N) is 2. The third kappa shape index (κ3) is 5.19. The molecule has 1 aromatic rings. The summed E-state index contributed by atoms with van der Waals surface area (Å²) in [6.45, 7) is 6.99. The second-order valence-corrected chi connectivity index (χ2v) is 7.55. The molecule has 1 unspecified atom stereocenters. The Balaban J connectivity index is 1.51. The van der Waals surface area contributed by atoms with Crippen LogP contribution >= 0.6 is 0 Å². The van der Waals surface area contributed by atoms with Crippen molar-refractivity contribution in [3.05, 3.63) is 35.6 Å². The predicted octanol–water partition coefficient (Wildman–Crippen LogP) is 2.13. The number of rotatable bonds is 5. The molecule has 3 rings (SSSR count). The predicted molar refractivity (Wildman–Crippen MR) is 102 cm³/mol. The van der Waals surface area contributed by atoms with Gasteiger partial charge in [0.2, 0.25) is 5.91 Å². The van der Waals surface area contributed by atoms with E-state index in [-0.39, 0.29) is 17.8 Å². The highest BCUT2D eigenvalue weighted by Gasteiger charge is 2.34. The van der Waals surface area contributed by atoms with Crippen LogP contribution in [0.25, 0.3) is 0 Å². The molecule has 0 aromatic heterocycles. The van der Waals surface area contributed by atoms with Crippen molar-refractivity contribution >= 4 is 11.9 Å². The molecule has 0 spiro atoms. The third-order valence-corrected chi connectivity index (χ3v) is 5.46. The number of nitrogens with one attached hydrogen (secondary N) is 2. The van der Waals surface area contributed by atoms with E-state index < -0.39 is 6.04 Å². The number of carbonyl (C=O) groups excluding carboxylic acids is 2. The number of benzene rings is 1. The van der Waals surface area contributed by atoms with Crippen LogP contribution in [0.5, 0.6) is 0 Å². The fourth-order valence-corrected chi connectivity index (χ4v) is 3.75. The molecule has 7 heteroatoms. The first-order valence-corrected chi connectivity index (χ1v) is 9.84. The first-order chi connectivity index (χ1) is 13.0. The van der Waals surface area contributed by atoms with E-state index in [9.17, 15) is 14.0 Å². The fraction of sp³-hybridized carbons (Fsp3) is 0.600. The Hall–Kier alpha value is -2.15. The molecule has 2 aliphatic heterocycles. The van der Waals surface area contributed by atoms with Crippen molar-refractivity contribution < 1.29 is 14.0 Å². The number of piperazine rings is 1. The average molecular weight is 376 g/mol. The maximum Gasteiger partial charge on any atom is 0.318 e. The summed E-state index contributed by atoms with van der Waals surface area (Å²) in [5.74, 6) is 0.220. The van der Waals surface area contributed by atoms with Gasteiger partial charge < -0.3 is 20.4 Å². The van der Waals surface area contributed by atoms with Gasteiger partial charge in [-0.3, -0.25) is 4.79 Å². The first-order valence-electron chi connectivity index (χ1n) is 9.84. The summed E-state index contributed by atoms with van der Waals surface area (Å²) in [6, 6.07) is 4.78. The molecule has 0 bridgehead atoms. The molecule has 2 saturated heterocycles. The third-order valence-electron chi connectivity index (χ3n) is 5.46. The number of hydrogen-bond acceptors (Lipinski definition) is 3. The molecule has 0 radical (unpaired) electrons. The molecular weight excluding hydrogens is 347 g/mol. The van der Waals surface area contributed by atoms with Gasteiger partial charge in [0, 0.05) is 19.6 Å². The molecule has 2 fully saturated rings. The van der Waals surface area contributed by atoms with Gasteiger partial charge in [-0.05, 0) is 62.5 Å². The molecular formula is C20H29FN4O2. The Labute approximate surface area is 160 Å². The van der Waals surface area contributed by atoms with E-state index in [4.69, 9.17) is 0 Å². The Morgan fingerprint density at radius 1 is 1.22 bits per heavy atom. The smallest absolute Gasteiger partial charge is 0.318 e. The monoisotopic (exact) mass is 376 g/mol. The van der Waals surface area contributed by atoms with Crippen molar-refractivity contribution in [1.29, 1.82) is 0 Å². The molecule has 2 heterocycles. The minimum Gasteiger partial charge on any atom is -0.352 e. The summed E-state index contributed by atoms with van der Waals surface area (Å²) < 4.78 is 13.2. The first kappa shape index (κ1) is 19.6. The zero-order valence-electron chi connectivity index (χ0n) is 15.9. The van der Waals surface area contributed by atoms with Crippen molar-refractivity contribution in [2.45, 2.75) is 32.2 Å². The van der Waals surface area contributed by atoms with Crippen molar-refractivity contribution in [3.8, 4) is 0 Å². The van der Waals surface area contributed by atoms with Gasteiger partial charge in [-0.2, -0.15) is 0 Å². The van der Waals surface area contributed by atoms with Gasteiger partial charge in [-0.1, -0.05) is 19.1 Å². The van der Waals surface area contributed by atoms with Crippen molar-refractivity contribution in [1.82, 2.24) is 20.4 Å². The van der Waals surface area contributed by atoms with E-state index in [1.807, 2.05) is 0 Å². The van der Waals surface area contributed by atoms with Crippen molar-refractivity contribution in [3.63, 3.8) is 0 Å². The zero-order valence-corrected chi connectivity index (χ0v) is 15.9. The van der Waals surface area contributed by atoms with Gasteiger partial charge >= 0.3 is 6.03 Å². The lowest BCUT2D eigenvalue weighted by molar-refractivity contribution is -0.127. The number of urea groups is 1. The number of amides is 3. The summed E-state index contributed by atoms with van der Waals surface area (Å²) in [7, 11) is 0. The van der Waals surface area contributed by atoms with Crippen LogP contribution in [0.1, 0.15) is 37.8 Å². The molecule has 148 valence electrons. The lowest BCUT2D eigenvalue weighted by atomic mass is 9.99. The second-order valence-electron chi connectivity index (χ2n) is 7.55. The van der Waals surface area contributed by atoms with Crippen molar-refractivity contribution in [2.24, 2.45) is 5.92 Å². The van der Waals surface area contributed by atoms with Gasteiger partial charge in [0.25, 0.3) is 0 Å². The van der Waals surface area contributed by atoms with E-state index in [1.165, 1.54) is 29.9 Å². The summed E-state index contributed by atoms with van der Waals surface area (Å²) in [5.41, 5.74) is 0.617. The SMILES string of the molecule is CC1CCN(CCCNC(=O)N2CCNC(=O)C2c2ccc(F)cc2)CC1. The Bertz CT molecular complexity index is 644. The van der Waals surface area contributed by atoms with Crippen LogP contribution < -0.4 is 10.6 Å². The summed E-state index contributed by atoms with van der Waals surface area (Å²) in [4.78, 5) is 28.9. The molecule has 1 aromatic carbocycles. The molecule has 2 N–H and O–H groups in total. The summed E-state index contributed by atoms with van der Waals surface area (Å²) in [6.07, 6.45) is 3.38. The van der Waals surface area contributed by atoms with Crippen LogP contribution in [-0.2, 0) is 4.79 Å². The quantitative estimate of drug-likeness (QED) is 0.774. The van der Waals surface area contributed by atoms with Gasteiger partial charge in [0.15, 0.2) is 0 Å². The largest absolute Gasteiger partial charge is 0.352 e. The molecule has 6 nitrogen and oxygen atoms in total. The Kier molecular flexibility index (Phi) is 6.66. The molecule has 1 atom stereocenters. The van der Waals surface area contributed by atoms with Gasteiger partial charge in [-0.15, -0.1) is 0 Å². The molecule has 0 saturated carbocycles.